The molecule has 0 spiro atoms. The van der Waals surface area contributed by atoms with Crippen LogP contribution in [0, 0.1) is 13.8 Å². The van der Waals surface area contributed by atoms with Crippen LogP contribution in [0.15, 0.2) is 10.9 Å². The van der Waals surface area contributed by atoms with Crippen molar-refractivity contribution in [1.82, 2.24) is 9.55 Å². The molecule has 2 rings (SSSR count). The second-order valence-corrected chi connectivity index (χ2v) is 4.52. The maximum Gasteiger partial charge on any atom is 0.262 e. The first-order valence-corrected chi connectivity index (χ1v) is 5.42. The van der Waals surface area contributed by atoms with E-state index in [2.05, 4.69) is 4.98 Å². The van der Waals surface area contributed by atoms with Crippen LogP contribution in [0.5, 0.6) is 0 Å². The standard InChI is InChI=1S/C10H12N2OS/c1-4-12-7(3)11-9-8(10(12)13)5-6(2)14-9/h5H,4H2,1-3H3. The van der Waals surface area contributed by atoms with E-state index in [1.54, 1.807) is 15.9 Å². The molecular formula is C10H12N2OS. The van der Waals surface area contributed by atoms with Crippen molar-refractivity contribution in [2.45, 2.75) is 27.3 Å². The van der Waals surface area contributed by atoms with E-state index in [1.807, 2.05) is 26.8 Å². The van der Waals surface area contributed by atoms with Crippen LogP contribution in [0.4, 0.5) is 0 Å². The van der Waals surface area contributed by atoms with Crippen LogP contribution in [-0.4, -0.2) is 9.55 Å². The van der Waals surface area contributed by atoms with Crippen LogP contribution in [0.1, 0.15) is 17.6 Å². The van der Waals surface area contributed by atoms with Gasteiger partial charge in [0.2, 0.25) is 0 Å². The van der Waals surface area contributed by atoms with Crippen molar-refractivity contribution < 1.29 is 0 Å². The molecule has 0 saturated carbocycles. The molecule has 0 amide bonds. The van der Waals surface area contributed by atoms with Gasteiger partial charge in [-0.15, -0.1) is 11.3 Å². The highest BCUT2D eigenvalue weighted by atomic mass is 32.1. The van der Waals surface area contributed by atoms with Gasteiger partial charge in [0.05, 0.1) is 5.39 Å². The average molecular weight is 208 g/mol. The fraction of sp³-hybridized carbons (Fsp3) is 0.400. The molecule has 0 saturated heterocycles. The lowest BCUT2D eigenvalue weighted by molar-refractivity contribution is 0.686. The first kappa shape index (κ1) is 9.40. The van der Waals surface area contributed by atoms with E-state index in [9.17, 15) is 4.79 Å². The molecule has 0 unspecified atom stereocenters. The summed E-state index contributed by atoms with van der Waals surface area (Å²) in [5.41, 5.74) is 0.0827. The van der Waals surface area contributed by atoms with Gasteiger partial charge < -0.3 is 0 Å². The molecule has 74 valence electrons. The zero-order valence-corrected chi connectivity index (χ0v) is 9.31. The highest BCUT2D eigenvalue weighted by Gasteiger charge is 2.08. The van der Waals surface area contributed by atoms with Gasteiger partial charge in [0, 0.05) is 11.4 Å². The summed E-state index contributed by atoms with van der Waals surface area (Å²) in [6.45, 7) is 6.51. The molecular weight excluding hydrogens is 196 g/mol. The Morgan fingerprint density at radius 1 is 1.50 bits per heavy atom. The Hall–Kier alpha value is -1.16. The largest absolute Gasteiger partial charge is 0.297 e. The number of fused-ring (bicyclic) bond motifs is 1. The number of hydrogen-bond acceptors (Lipinski definition) is 3. The van der Waals surface area contributed by atoms with Gasteiger partial charge in [0.25, 0.3) is 5.56 Å². The maximum absolute atomic E-state index is 11.9. The molecule has 0 bridgehead atoms. The van der Waals surface area contributed by atoms with Crippen molar-refractivity contribution in [3.8, 4) is 0 Å². The lowest BCUT2D eigenvalue weighted by atomic mass is 10.3. The normalized spacial score (nSPS) is 11.1. The summed E-state index contributed by atoms with van der Waals surface area (Å²) < 4.78 is 1.70. The topological polar surface area (TPSA) is 34.9 Å². The number of nitrogens with zero attached hydrogens (tertiary/aromatic N) is 2. The lowest BCUT2D eigenvalue weighted by Gasteiger charge is -2.04. The van der Waals surface area contributed by atoms with Gasteiger partial charge in [0.1, 0.15) is 10.7 Å². The second-order valence-electron chi connectivity index (χ2n) is 3.28. The predicted molar refractivity (Wildman–Crippen MR) is 59.0 cm³/mol. The summed E-state index contributed by atoms with van der Waals surface area (Å²) in [6.07, 6.45) is 0. The van der Waals surface area contributed by atoms with Gasteiger partial charge >= 0.3 is 0 Å². The second kappa shape index (κ2) is 3.20. The van der Waals surface area contributed by atoms with Crippen molar-refractivity contribution in [2.75, 3.05) is 0 Å². The van der Waals surface area contributed by atoms with E-state index in [-0.39, 0.29) is 5.56 Å². The summed E-state index contributed by atoms with van der Waals surface area (Å²) in [6, 6.07) is 1.92. The van der Waals surface area contributed by atoms with Gasteiger partial charge in [-0.1, -0.05) is 0 Å². The summed E-state index contributed by atoms with van der Waals surface area (Å²) >= 11 is 1.58. The fourth-order valence-corrected chi connectivity index (χ4v) is 2.53. The maximum atomic E-state index is 11.9. The fourth-order valence-electron chi connectivity index (χ4n) is 1.61. The number of hydrogen-bond donors (Lipinski definition) is 0. The van der Waals surface area contributed by atoms with Crippen LogP contribution in [0.3, 0.4) is 0 Å². The number of aryl methyl sites for hydroxylation is 2. The molecule has 0 radical (unpaired) electrons. The summed E-state index contributed by atoms with van der Waals surface area (Å²) in [5.74, 6) is 0.798. The molecule has 4 heteroatoms. The molecule has 0 aromatic carbocycles. The highest BCUT2D eigenvalue weighted by Crippen LogP contribution is 2.20. The Labute approximate surface area is 86.0 Å². The SMILES string of the molecule is CCn1c(C)nc2sc(C)cc2c1=O. The van der Waals surface area contributed by atoms with Gasteiger partial charge in [0.15, 0.2) is 0 Å². The van der Waals surface area contributed by atoms with Crippen molar-refractivity contribution in [2.24, 2.45) is 0 Å². The predicted octanol–water partition coefficient (Wildman–Crippen LogP) is 2.09. The third-order valence-corrected chi connectivity index (χ3v) is 3.23. The lowest BCUT2D eigenvalue weighted by Crippen LogP contribution is -2.22. The summed E-state index contributed by atoms with van der Waals surface area (Å²) in [4.78, 5) is 18.3. The summed E-state index contributed by atoms with van der Waals surface area (Å²) in [7, 11) is 0. The van der Waals surface area contributed by atoms with Gasteiger partial charge in [-0.25, -0.2) is 4.98 Å². The summed E-state index contributed by atoms with van der Waals surface area (Å²) in [5, 5.41) is 0.750. The van der Waals surface area contributed by atoms with Crippen LogP contribution in [-0.2, 0) is 6.54 Å². The Kier molecular flexibility index (Phi) is 2.15. The highest BCUT2D eigenvalue weighted by molar-refractivity contribution is 7.18. The molecule has 3 nitrogen and oxygen atoms in total. The molecule has 2 heterocycles. The van der Waals surface area contributed by atoms with E-state index in [4.69, 9.17) is 0 Å². The van der Waals surface area contributed by atoms with E-state index in [0.29, 0.717) is 6.54 Å². The third kappa shape index (κ3) is 1.26. The molecule has 0 fully saturated rings. The average Bonchev–Trinajstić information content (AvgIpc) is 2.47. The number of aromatic nitrogens is 2. The minimum absolute atomic E-state index is 0.0827. The van der Waals surface area contributed by atoms with Crippen LogP contribution < -0.4 is 5.56 Å². The van der Waals surface area contributed by atoms with E-state index in [0.717, 1.165) is 20.9 Å². The monoisotopic (exact) mass is 208 g/mol. The van der Waals surface area contributed by atoms with Gasteiger partial charge in [-0.05, 0) is 26.8 Å². The van der Waals surface area contributed by atoms with Crippen LogP contribution in [0.25, 0.3) is 10.2 Å². The molecule has 0 aliphatic carbocycles. The smallest absolute Gasteiger partial charge is 0.262 e. The molecule has 0 aliphatic heterocycles. The van der Waals surface area contributed by atoms with Gasteiger partial charge in [-0.3, -0.25) is 9.36 Å². The van der Waals surface area contributed by atoms with Crippen molar-refractivity contribution >= 4 is 21.6 Å². The van der Waals surface area contributed by atoms with Gasteiger partial charge in [-0.2, -0.15) is 0 Å². The molecule has 2 aromatic rings. The van der Waals surface area contributed by atoms with Crippen molar-refractivity contribution in [3.05, 3.63) is 27.1 Å². The Balaban J connectivity index is 2.92. The van der Waals surface area contributed by atoms with Crippen LogP contribution in [0.2, 0.25) is 0 Å². The Morgan fingerprint density at radius 2 is 2.21 bits per heavy atom. The Bertz CT molecular complexity index is 539. The molecule has 0 aliphatic rings. The quantitative estimate of drug-likeness (QED) is 0.719. The minimum Gasteiger partial charge on any atom is -0.297 e. The zero-order chi connectivity index (χ0) is 10.3. The van der Waals surface area contributed by atoms with E-state index >= 15 is 0 Å². The minimum atomic E-state index is 0.0827. The number of rotatable bonds is 1. The molecule has 2 aromatic heterocycles. The Morgan fingerprint density at radius 3 is 2.86 bits per heavy atom. The molecule has 14 heavy (non-hydrogen) atoms. The van der Waals surface area contributed by atoms with Crippen molar-refractivity contribution in [3.63, 3.8) is 0 Å². The van der Waals surface area contributed by atoms with Crippen molar-refractivity contribution in [1.29, 1.82) is 0 Å². The first-order chi connectivity index (χ1) is 6.63. The molecule has 0 N–H and O–H groups in total. The zero-order valence-electron chi connectivity index (χ0n) is 8.50. The first-order valence-electron chi connectivity index (χ1n) is 4.61. The molecule has 0 atom stereocenters. The van der Waals surface area contributed by atoms with E-state index in [1.165, 1.54) is 0 Å². The third-order valence-electron chi connectivity index (χ3n) is 2.28. The van der Waals surface area contributed by atoms with E-state index < -0.39 is 0 Å². The van der Waals surface area contributed by atoms with Crippen LogP contribution >= 0.6 is 11.3 Å². The number of thiophene rings is 1.